The molecule has 0 radical (unpaired) electrons. The third kappa shape index (κ3) is 1.10. The van der Waals surface area contributed by atoms with E-state index in [0.717, 1.165) is 0 Å². The monoisotopic (exact) mass is 192 g/mol. The third-order valence-corrected chi connectivity index (χ3v) is 2.12. The van der Waals surface area contributed by atoms with E-state index in [2.05, 4.69) is 4.98 Å². The summed E-state index contributed by atoms with van der Waals surface area (Å²) in [5.41, 5.74) is 1.14. The zero-order chi connectivity index (χ0) is 10.3. The first-order valence-corrected chi connectivity index (χ1v) is 4.05. The Morgan fingerprint density at radius 1 is 1.50 bits per heavy atom. The Kier molecular flexibility index (Phi) is 1.67. The highest BCUT2D eigenvalue weighted by atomic mass is 16.6. The molecule has 1 heterocycles. The summed E-state index contributed by atoms with van der Waals surface area (Å²) in [5, 5.41) is 20.4. The maximum absolute atomic E-state index is 10.7. The highest BCUT2D eigenvalue weighted by molar-refractivity contribution is 5.91. The second kappa shape index (κ2) is 2.73. The average molecular weight is 192 g/mol. The van der Waals surface area contributed by atoms with Gasteiger partial charge in [0.1, 0.15) is 5.75 Å². The first-order valence-electron chi connectivity index (χ1n) is 4.05. The topological polar surface area (TPSA) is 79.2 Å². The fourth-order valence-corrected chi connectivity index (χ4v) is 1.54. The summed E-state index contributed by atoms with van der Waals surface area (Å²) in [7, 11) is 0. The van der Waals surface area contributed by atoms with Gasteiger partial charge in [0.05, 0.1) is 21.5 Å². The van der Waals surface area contributed by atoms with Gasteiger partial charge in [-0.1, -0.05) is 0 Å². The van der Waals surface area contributed by atoms with Gasteiger partial charge in [-0.25, -0.2) is 0 Å². The van der Waals surface area contributed by atoms with E-state index in [4.69, 9.17) is 0 Å². The molecule has 0 spiro atoms. The van der Waals surface area contributed by atoms with Gasteiger partial charge in [0.25, 0.3) is 5.69 Å². The van der Waals surface area contributed by atoms with Crippen molar-refractivity contribution in [1.29, 1.82) is 0 Å². The molecule has 0 fully saturated rings. The molecule has 72 valence electrons. The lowest BCUT2D eigenvalue weighted by molar-refractivity contribution is -0.383. The molecule has 2 aromatic rings. The number of nitrogens with one attached hydrogen (secondary N) is 1. The number of aryl methyl sites for hydroxylation is 1. The van der Waals surface area contributed by atoms with Crippen LogP contribution in [0.1, 0.15) is 5.69 Å². The van der Waals surface area contributed by atoms with Crippen molar-refractivity contribution in [2.75, 3.05) is 0 Å². The number of benzene rings is 1. The lowest BCUT2D eigenvalue weighted by Gasteiger charge is -1.91. The fourth-order valence-electron chi connectivity index (χ4n) is 1.54. The normalized spacial score (nSPS) is 10.6. The van der Waals surface area contributed by atoms with Crippen LogP contribution < -0.4 is 0 Å². The van der Waals surface area contributed by atoms with Crippen molar-refractivity contribution < 1.29 is 10.0 Å². The lowest BCUT2D eigenvalue weighted by Crippen LogP contribution is -1.88. The number of phenolic OH excluding ortho intramolecular Hbond substituents is 1. The second-order valence-electron chi connectivity index (χ2n) is 3.09. The summed E-state index contributed by atoms with van der Waals surface area (Å²) in [6.07, 6.45) is 0. The number of nitro groups is 1. The standard InChI is InChI=1S/C9H8N2O3/c1-5-9(11(13)14)7-3-2-6(12)4-8(7)10-5/h2-4,10,12H,1H3. The van der Waals surface area contributed by atoms with Crippen LogP contribution in [0.5, 0.6) is 5.75 Å². The molecule has 0 saturated carbocycles. The highest BCUT2D eigenvalue weighted by Crippen LogP contribution is 2.30. The van der Waals surface area contributed by atoms with E-state index < -0.39 is 4.92 Å². The lowest BCUT2D eigenvalue weighted by atomic mass is 10.2. The minimum Gasteiger partial charge on any atom is -0.508 e. The van der Waals surface area contributed by atoms with Gasteiger partial charge in [0.2, 0.25) is 0 Å². The molecule has 0 aliphatic heterocycles. The van der Waals surface area contributed by atoms with Gasteiger partial charge in [-0.3, -0.25) is 10.1 Å². The van der Waals surface area contributed by atoms with E-state index in [0.29, 0.717) is 16.6 Å². The zero-order valence-corrected chi connectivity index (χ0v) is 7.44. The van der Waals surface area contributed by atoms with Crippen molar-refractivity contribution in [1.82, 2.24) is 4.98 Å². The second-order valence-corrected chi connectivity index (χ2v) is 3.09. The number of phenols is 1. The number of H-pyrrole nitrogens is 1. The van der Waals surface area contributed by atoms with Crippen LogP contribution in [-0.2, 0) is 0 Å². The first-order chi connectivity index (χ1) is 6.59. The molecule has 2 rings (SSSR count). The van der Waals surface area contributed by atoms with E-state index >= 15 is 0 Å². The Morgan fingerprint density at radius 2 is 2.21 bits per heavy atom. The zero-order valence-electron chi connectivity index (χ0n) is 7.44. The minimum atomic E-state index is -0.425. The van der Waals surface area contributed by atoms with Crippen LogP contribution in [0, 0.1) is 17.0 Å². The summed E-state index contributed by atoms with van der Waals surface area (Å²) >= 11 is 0. The quantitative estimate of drug-likeness (QED) is 0.536. The Morgan fingerprint density at radius 3 is 2.86 bits per heavy atom. The van der Waals surface area contributed by atoms with Gasteiger partial charge in [0.15, 0.2) is 0 Å². The summed E-state index contributed by atoms with van der Waals surface area (Å²) in [4.78, 5) is 13.1. The highest BCUT2D eigenvalue weighted by Gasteiger charge is 2.18. The van der Waals surface area contributed by atoms with Crippen LogP contribution in [0.3, 0.4) is 0 Å². The molecule has 1 aromatic heterocycles. The molecule has 0 unspecified atom stereocenters. The van der Waals surface area contributed by atoms with Crippen molar-refractivity contribution in [3.8, 4) is 5.75 Å². The Hall–Kier alpha value is -2.04. The third-order valence-electron chi connectivity index (χ3n) is 2.12. The van der Waals surface area contributed by atoms with Crippen LogP contribution in [0.4, 0.5) is 5.69 Å². The van der Waals surface area contributed by atoms with E-state index in [-0.39, 0.29) is 11.4 Å². The van der Waals surface area contributed by atoms with Crippen molar-refractivity contribution >= 4 is 16.6 Å². The largest absolute Gasteiger partial charge is 0.508 e. The van der Waals surface area contributed by atoms with Crippen molar-refractivity contribution in [2.45, 2.75) is 6.92 Å². The van der Waals surface area contributed by atoms with Crippen LogP contribution in [-0.4, -0.2) is 15.0 Å². The van der Waals surface area contributed by atoms with Crippen LogP contribution in [0.15, 0.2) is 18.2 Å². The number of nitrogens with zero attached hydrogens (tertiary/aromatic N) is 1. The van der Waals surface area contributed by atoms with Gasteiger partial charge in [-0.05, 0) is 19.1 Å². The van der Waals surface area contributed by atoms with Gasteiger partial charge in [0, 0.05) is 6.07 Å². The molecule has 0 saturated heterocycles. The molecule has 0 bridgehead atoms. The summed E-state index contributed by atoms with van der Waals surface area (Å²) in [6.45, 7) is 1.63. The van der Waals surface area contributed by atoms with E-state index in [1.807, 2.05) is 0 Å². The number of aromatic hydroxyl groups is 1. The molecule has 14 heavy (non-hydrogen) atoms. The molecule has 5 heteroatoms. The van der Waals surface area contributed by atoms with E-state index in [9.17, 15) is 15.2 Å². The average Bonchev–Trinajstić information content (AvgIpc) is 2.39. The SMILES string of the molecule is Cc1[nH]c2cc(O)ccc2c1[N+](=O)[O-]. The number of aromatic nitrogens is 1. The molecule has 0 atom stereocenters. The van der Waals surface area contributed by atoms with Gasteiger partial charge >= 0.3 is 0 Å². The number of fused-ring (bicyclic) bond motifs is 1. The summed E-state index contributed by atoms with van der Waals surface area (Å²) in [6, 6.07) is 4.43. The van der Waals surface area contributed by atoms with Gasteiger partial charge in [-0.2, -0.15) is 0 Å². The van der Waals surface area contributed by atoms with Gasteiger partial charge in [-0.15, -0.1) is 0 Å². The number of aromatic amines is 1. The maximum Gasteiger partial charge on any atom is 0.297 e. The molecule has 5 nitrogen and oxygen atoms in total. The molecule has 1 aromatic carbocycles. The predicted molar refractivity (Wildman–Crippen MR) is 51.4 cm³/mol. The molecule has 0 amide bonds. The fraction of sp³-hybridized carbons (Fsp3) is 0.111. The van der Waals surface area contributed by atoms with Crippen LogP contribution >= 0.6 is 0 Å². The number of rotatable bonds is 1. The summed E-state index contributed by atoms with van der Waals surface area (Å²) in [5.74, 6) is 0.0913. The van der Waals surface area contributed by atoms with Crippen LogP contribution in [0.2, 0.25) is 0 Å². The van der Waals surface area contributed by atoms with Crippen molar-refractivity contribution in [3.63, 3.8) is 0 Å². The van der Waals surface area contributed by atoms with Crippen LogP contribution in [0.25, 0.3) is 10.9 Å². The first kappa shape index (κ1) is 8.55. The molecule has 2 N–H and O–H groups in total. The Labute approximate surface area is 79.1 Å². The Bertz CT molecular complexity index is 516. The van der Waals surface area contributed by atoms with E-state index in [1.54, 1.807) is 6.92 Å². The number of hydrogen-bond donors (Lipinski definition) is 2. The smallest absolute Gasteiger partial charge is 0.297 e. The van der Waals surface area contributed by atoms with Crippen molar-refractivity contribution in [3.05, 3.63) is 34.0 Å². The molecule has 0 aliphatic carbocycles. The molecular formula is C9H8N2O3. The van der Waals surface area contributed by atoms with Gasteiger partial charge < -0.3 is 10.1 Å². The minimum absolute atomic E-state index is 0.0694. The predicted octanol–water partition coefficient (Wildman–Crippen LogP) is 2.09. The Balaban J connectivity index is 2.84. The summed E-state index contributed by atoms with van der Waals surface area (Å²) < 4.78 is 0. The van der Waals surface area contributed by atoms with Crippen molar-refractivity contribution in [2.24, 2.45) is 0 Å². The number of hydrogen-bond acceptors (Lipinski definition) is 3. The maximum atomic E-state index is 10.7. The molecule has 0 aliphatic rings. The molecular weight excluding hydrogens is 184 g/mol. The van der Waals surface area contributed by atoms with E-state index in [1.165, 1.54) is 18.2 Å².